The maximum Gasteiger partial charge on any atom is 0.325 e. The molecule has 0 aliphatic carbocycles. The van der Waals surface area contributed by atoms with E-state index in [1.165, 1.54) is 31.2 Å². The lowest BCUT2D eigenvalue weighted by Gasteiger charge is -2.23. The lowest BCUT2D eigenvalue weighted by atomic mass is 9.92. The van der Waals surface area contributed by atoms with Crippen molar-refractivity contribution < 1.29 is 24.4 Å². The molecule has 3 rings (SSSR count). The molecule has 1 heterocycles. The predicted octanol–water partition coefficient (Wildman–Crippen LogP) is 2.11. The van der Waals surface area contributed by atoms with Crippen molar-refractivity contribution in [2.24, 2.45) is 0 Å². The van der Waals surface area contributed by atoms with E-state index in [4.69, 9.17) is 4.74 Å². The van der Waals surface area contributed by atoms with Crippen LogP contribution in [0.15, 0.2) is 48.5 Å². The highest BCUT2D eigenvalue weighted by Crippen LogP contribution is 2.30. The number of carbonyl (C=O) groups excluding carboxylic acids is 2. The molecule has 1 aliphatic heterocycles. The summed E-state index contributed by atoms with van der Waals surface area (Å²) in [4.78, 5) is 36.4. The van der Waals surface area contributed by atoms with Gasteiger partial charge in [0.1, 0.15) is 24.0 Å². The largest absolute Gasteiger partial charge is 0.491 e. The van der Waals surface area contributed by atoms with Crippen LogP contribution in [0.2, 0.25) is 0 Å². The number of rotatable bonds is 7. The molecule has 9 nitrogen and oxygen atoms in total. The number of urea groups is 1. The topological polar surface area (TPSA) is 122 Å². The normalized spacial score (nSPS) is 19.8. The number of nitro benzene ring substituents is 1. The Hall–Kier alpha value is -3.46. The number of benzene rings is 2. The van der Waals surface area contributed by atoms with E-state index in [-0.39, 0.29) is 18.8 Å². The summed E-state index contributed by atoms with van der Waals surface area (Å²) in [7, 11) is 0. The Morgan fingerprint density at radius 2 is 1.93 bits per heavy atom. The maximum absolute atomic E-state index is 12.9. The van der Waals surface area contributed by atoms with Crippen molar-refractivity contribution in [3.63, 3.8) is 0 Å². The third kappa shape index (κ3) is 4.19. The highest BCUT2D eigenvalue weighted by atomic mass is 16.6. The molecule has 1 aliphatic rings. The highest BCUT2D eigenvalue weighted by Gasteiger charge is 2.49. The number of aliphatic hydroxyl groups is 1. The number of β-amino-alcohol motifs (C(OH)–C–C–N with tert-alkyl or cyclic N) is 1. The Kier molecular flexibility index (Phi) is 5.51. The molecule has 0 aromatic heterocycles. The minimum absolute atomic E-state index is 0.0885. The fraction of sp³-hybridized carbons (Fsp3) is 0.300. The Labute approximate surface area is 167 Å². The molecule has 0 saturated carbocycles. The Morgan fingerprint density at radius 3 is 2.55 bits per heavy atom. The molecule has 0 unspecified atom stereocenters. The van der Waals surface area contributed by atoms with Crippen molar-refractivity contribution in [3.8, 4) is 5.75 Å². The van der Waals surface area contributed by atoms with Gasteiger partial charge < -0.3 is 15.2 Å². The average molecular weight is 399 g/mol. The van der Waals surface area contributed by atoms with Crippen LogP contribution >= 0.6 is 0 Å². The van der Waals surface area contributed by atoms with E-state index in [1.54, 1.807) is 6.07 Å². The van der Waals surface area contributed by atoms with Crippen molar-refractivity contribution in [2.75, 3.05) is 13.2 Å². The van der Waals surface area contributed by atoms with E-state index >= 15 is 0 Å². The van der Waals surface area contributed by atoms with Gasteiger partial charge in [-0.1, -0.05) is 12.1 Å². The van der Waals surface area contributed by atoms with Crippen LogP contribution in [0.4, 0.5) is 10.5 Å². The van der Waals surface area contributed by atoms with E-state index in [0.717, 1.165) is 10.5 Å². The number of hydrogen-bond acceptors (Lipinski definition) is 6. The number of nitrogens with zero attached hydrogens (tertiary/aromatic N) is 2. The Morgan fingerprint density at radius 1 is 1.24 bits per heavy atom. The molecule has 2 atom stereocenters. The number of ether oxygens (including phenoxy) is 1. The number of non-ortho nitro benzene ring substituents is 1. The molecular weight excluding hydrogens is 378 g/mol. The summed E-state index contributed by atoms with van der Waals surface area (Å²) in [6.07, 6.45) is -1.08. The van der Waals surface area contributed by atoms with Crippen LogP contribution in [0, 0.1) is 17.0 Å². The second-order valence-corrected chi connectivity index (χ2v) is 7.06. The van der Waals surface area contributed by atoms with E-state index in [0.29, 0.717) is 11.3 Å². The number of imide groups is 1. The van der Waals surface area contributed by atoms with Gasteiger partial charge in [0.05, 0.1) is 11.5 Å². The van der Waals surface area contributed by atoms with Gasteiger partial charge in [-0.05, 0) is 49.2 Å². The van der Waals surface area contributed by atoms with Crippen LogP contribution in [-0.2, 0) is 10.3 Å². The predicted molar refractivity (Wildman–Crippen MR) is 103 cm³/mol. The molecule has 1 fully saturated rings. The maximum atomic E-state index is 12.9. The minimum atomic E-state index is -1.37. The summed E-state index contributed by atoms with van der Waals surface area (Å²) >= 11 is 0. The van der Waals surface area contributed by atoms with Crippen LogP contribution in [0.3, 0.4) is 0 Å². The summed E-state index contributed by atoms with van der Waals surface area (Å²) in [6.45, 7) is 3.10. The van der Waals surface area contributed by atoms with Gasteiger partial charge >= 0.3 is 6.03 Å². The molecule has 29 heavy (non-hydrogen) atoms. The van der Waals surface area contributed by atoms with Crippen LogP contribution in [-0.4, -0.2) is 46.1 Å². The fourth-order valence-corrected chi connectivity index (χ4v) is 3.14. The molecule has 0 spiro atoms. The van der Waals surface area contributed by atoms with Gasteiger partial charge in [-0.25, -0.2) is 4.79 Å². The summed E-state index contributed by atoms with van der Waals surface area (Å²) < 4.78 is 5.52. The molecule has 2 N–H and O–H groups in total. The first kappa shape index (κ1) is 20.3. The van der Waals surface area contributed by atoms with Crippen molar-refractivity contribution in [3.05, 3.63) is 69.8 Å². The van der Waals surface area contributed by atoms with Gasteiger partial charge in [0.2, 0.25) is 0 Å². The molecule has 9 heteroatoms. The fourth-order valence-electron chi connectivity index (χ4n) is 3.14. The standard InChI is InChI=1S/C20H21N3O6/c1-13-4-3-5-17(10-13)29-12-16(24)11-22-18(25)20(2,21-19(22)26)14-6-8-15(9-7-14)23(27)28/h3-10,16,24H,11-12H2,1-2H3,(H,21,26)/t16-,20+/m1/s1. The van der Waals surface area contributed by atoms with Gasteiger partial charge in [0.15, 0.2) is 0 Å². The lowest BCUT2D eigenvalue weighted by Crippen LogP contribution is -2.42. The van der Waals surface area contributed by atoms with Gasteiger partial charge in [-0.2, -0.15) is 0 Å². The molecule has 0 bridgehead atoms. The summed E-state index contributed by atoms with van der Waals surface area (Å²) in [5, 5.41) is 23.6. The van der Waals surface area contributed by atoms with Crippen molar-refractivity contribution >= 4 is 17.6 Å². The third-order valence-electron chi connectivity index (χ3n) is 4.76. The highest BCUT2D eigenvalue weighted by molar-refractivity contribution is 6.07. The molecular formula is C20H21N3O6. The van der Waals surface area contributed by atoms with Crippen LogP contribution in [0.25, 0.3) is 0 Å². The number of aliphatic hydroxyl groups excluding tert-OH is 1. The first-order valence-electron chi connectivity index (χ1n) is 8.97. The lowest BCUT2D eigenvalue weighted by molar-refractivity contribution is -0.384. The molecule has 152 valence electrons. The second-order valence-electron chi connectivity index (χ2n) is 7.06. The summed E-state index contributed by atoms with van der Waals surface area (Å²) in [6, 6.07) is 12.0. The smallest absolute Gasteiger partial charge is 0.325 e. The van der Waals surface area contributed by atoms with Crippen LogP contribution in [0.1, 0.15) is 18.1 Å². The number of nitrogens with one attached hydrogen (secondary N) is 1. The van der Waals surface area contributed by atoms with Gasteiger partial charge in [-0.3, -0.25) is 19.8 Å². The Bertz CT molecular complexity index is 945. The molecule has 2 aromatic carbocycles. The van der Waals surface area contributed by atoms with E-state index in [9.17, 15) is 24.8 Å². The molecule has 3 amide bonds. The quantitative estimate of drug-likeness (QED) is 0.418. The number of amides is 3. The van der Waals surface area contributed by atoms with Crippen molar-refractivity contribution in [1.29, 1.82) is 0 Å². The zero-order valence-electron chi connectivity index (χ0n) is 16.0. The van der Waals surface area contributed by atoms with Gasteiger partial charge in [0, 0.05) is 12.1 Å². The zero-order valence-corrected chi connectivity index (χ0v) is 16.0. The van der Waals surface area contributed by atoms with E-state index < -0.39 is 28.5 Å². The van der Waals surface area contributed by atoms with Crippen molar-refractivity contribution in [1.82, 2.24) is 10.2 Å². The van der Waals surface area contributed by atoms with Crippen molar-refractivity contribution in [2.45, 2.75) is 25.5 Å². The first-order valence-corrected chi connectivity index (χ1v) is 8.97. The van der Waals surface area contributed by atoms with E-state index in [2.05, 4.69) is 5.32 Å². The molecule has 1 saturated heterocycles. The van der Waals surface area contributed by atoms with E-state index in [1.807, 2.05) is 25.1 Å². The monoisotopic (exact) mass is 399 g/mol. The average Bonchev–Trinajstić information content (AvgIpc) is 2.90. The van der Waals surface area contributed by atoms with Gasteiger partial charge in [-0.15, -0.1) is 0 Å². The third-order valence-corrected chi connectivity index (χ3v) is 4.76. The summed E-state index contributed by atoms with van der Waals surface area (Å²) in [5.74, 6) is 0.0305. The first-order chi connectivity index (χ1) is 13.7. The number of carbonyl (C=O) groups is 2. The zero-order chi connectivity index (χ0) is 21.2. The van der Waals surface area contributed by atoms with Crippen LogP contribution in [0.5, 0.6) is 5.75 Å². The second kappa shape index (κ2) is 7.88. The van der Waals surface area contributed by atoms with Crippen LogP contribution < -0.4 is 10.1 Å². The summed E-state index contributed by atoms with van der Waals surface area (Å²) in [5.41, 5.74) is -0.0716. The Balaban J connectivity index is 1.67. The SMILES string of the molecule is Cc1cccc(OC[C@H](O)CN2C(=O)N[C@@](C)(c3ccc([N+](=O)[O-])cc3)C2=O)c1. The molecule has 0 radical (unpaired) electrons. The number of aryl methyl sites for hydroxylation is 1. The number of nitro groups is 1. The molecule has 2 aromatic rings. The number of hydrogen-bond donors (Lipinski definition) is 2. The van der Waals surface area contributed by atoms with Gasteiger partial charge in [0.25, 0.3) is 11.6 Å². The minimum Gasteiger partial charge on any atom is -0.491 e.